The van der Waals surface area contributed by atoms with Crippen LogP contribution in [0.1, 0.15) is 48.7 Å². The van der Waals surface area contributed by atoms with Gasteiger partial charge in [0.25, 0.3) is 5.91 Å². The molecule has 1 rings (SSSR count). The zero-order valence-corrected chi connectivity index (χ0v) is 12.0. The van der Waals surface area contributed by atoms with Crippen molar-refractivity contribution >= 4 is 11.9 Å². The Kier molecular flexibility index (Phi) is 4.29. The van der Waals surface area contributed by atoms with Crippen LogP contribution in [0.4, 0.5) is 0 Å². The van der Waals surface area contributed by atoms with Gasteiger partial charge < -0.3 is 10.0 Å². The van der Waals surface area contributed by atoms with Crippen molar-refractivity contribution in [3.63, 3.8) is 0 Å². The number of aromatic carboxylic acids is 1. The SMILES string of the molecule is CC(N(C)C(=O)c1cccc(C(=O)O)n1)C(C)(C)C. The van der Waals surface area contributed by atoms with E-state index in [0.29, 0.717) is 0 Å². The molecule has 104 valence electrons. The zero-order chi connectivity index (χ0) is 14.8. The summed E-state index contributed by atoms with van der Waals surface area (Å²) in [4.78, 5) is 28.6. The molecule has 0 aliphatic carbocycles. The molecule has 0 bridgehead atoms. The summed E-state index contributed by atoms with van der Waals surface area (Å²) in [7, 11) is 1.70. The minimum Gasteiger partial charge on any atom is -0.477 e. The molecule has 5 nitrogen and oxygen atoms in total. The summed E-state index contributed by atoms with van der Waals surface area (Å²) < 4.78 is 0. The summed E-state index contributed by atoms with van der Waals surface area (Å²) in [6.07, 6.45) is 0. The lowest BCUT2D eigenvalue weighted by Crippen LogP contribution is -2.43. The zero-order valence-electron chi connectivity index (χ0n) is 12.0. The monoisotopic (exact) mass is 264 g/mol. The third kappa shape index (κ3) is 3.53. The number of carboxylic acid groups (broad SMARTS) is 1. The highest BCUT2D eigenvalue weighted by Crippen LogP contribution is 2.23. The molecule has 1 aromatic heterocycles. The van der Waals surface area contributed by atoms with Crippen molar-refractivity contribution in [3.8, 4) is 0 Å². The van der Waals surface area contributed by atoms with Crippen LogP contribution in [-0.2, 0) is 0 Å². The number of nitrogens with zero attached hydrogens (tertiary/aromatic N) is 2. The Morgan fingerprint density at radius 1 is 1.26 bits per heavy atom. The Balaban J connectivity index is 3.01. The number of pyridine rings is 1. The van der Waals surface area contributed by atoms with E-state index in [4.69, 9.17) is 5.11 Å². The van der Waals surface area contributed by atoms with E-state index in [2.05, 4.69) is 4.98 Å². The van der Waals surface area contributed by atoms with Crippen molar-refractivity contribution in [2.24, 2.45) is 5.41 Å². The van der Waals surface area contributed by atoms with Gasteiger partial charge in [-0.25, -0.2) is 9.78 Å². The molecular formula is C14H20N2O3. The van der Waals surface area contributed by atoms with E-state index >= 15 is 0 Å². The maximum absolute atomic E-state index is 12.3. The van der Waals surface area contributed by atoms with Crippen LogP contribution >= 0.6 is 0 Å². The van der Waals surface area contributed by atoms with Crippen molar-refractivity contribution < 1.29 is 14.7 Å². The molecule has 0 aliphatic rings. The molecular weight excluding hydrogens is 244 g/mol. The minimum absolute atomic E-state index is 0.00952. The smallest absolute Gasteiger partial charge is 0.354 e. The molecule has 19 heavy (non-hydrogen) atoms. The summed E-state index contributed by atoms with van der Waals surface area (Å²) in [6, 6.07) is 4.43. The Bertz CT molecular complexity index is 492. The van der Waals surface area contributed by atoms with E-state index < -0.39 is 5.97 Å². The number of rotatable bonds is 3. The summed E-state index contributed by atoms with van der Waals surface area (Å²) in [5, 5.41) is 8.88. The topological polar surface area (TPSA) is 70.5 Å². The Labute approximate surface area is 113 Å². The molecule has 0 fully saturated rings. The number of carboxylic acids is 1. The van der Waals surface area contributed by atoms with Crippen LogP contribution in [0, 0.1) is 5.41 Å². The Morgan fingerprint density at radius 2 is 1.79 bits per heavy atom. The van der Waals surface area contributed by atoms with Crippen molar-refractivity contribution in [3.05, 3.63) is 29.6 Å². The number of hydrogen-bond donors (Lipinski definition) is 1. The third-order valence-corrected chi connectivity index (χ3v) is 3.34. The van der Waals surface area contributed by atoms with E-state index in [0.717, 1.165) is 0 Å². The molecule has 5 heteroatoms. The van der Waals surface area contributed by atoms with E-state index in [1.807, 2.05) is 27.7 Å². The van der Waals surface area contributed by atoms with Crippen molar-refractivity contribution in [1.82, 2.24) is 9.88 Å². The van der Waals surface area contributed by atoms with Gasteiger partial charge in [-0.15, -0.1) is 0 Å². The molecule has 0 saturated carbocycles. The van der Waals surface area contributed by atoms with Gasteiger partial charge >= 0.3 is 5.97 Å². The minimum atomic E-state index is -1.14. The van der Waals surface area contributed by atoms with Crippen molar-refractivity contribution in [1.29, 1.82) is 0 Å². The molecule has 1 unspecified atom stereocenters. The van der Waals surface area contributed by atoms with Gasteiger partial charge in [-0.3, -0.25) is 4.79 Å². The summed E-state index contributed by atoms with van der Waals surface area (Å²) in [5.74, 6) is -1.41. The van der Waals surface area contributed by atoms with E-state index in [1.165, 1.54) is 18.2 Å². The number of hydrogen-bond acceptors (Lipinski definition) is 3. The van der Waals surface area contributed by atoms with Gasteiger partial charge in [0.15, 0.2) is 0 Å². The lowest BCUT2D eigenvalue weighted by Gasteiger charge is -2.35. The first kappa shape index (κ1) is 15.1. The summed E-state index contributed by atoms with van der Waals surface area (Å²) >= 11 is 0. The summed E-state index contributed by atoms with van der Waals surface area (Å²) in [5.41, 5.74) is -0.0318. The van der Waals surface area contributed by atoms with Gasteiger partial charge in [0, 0.05) is 13.1 Å². The highest BCUT2D eigenvalue weighted by molar-refractivity contribution is 5.94. The fourth-order valence-corrected chi connectivity index (χ4v) is 1.61. The van der Waals surface area contributed by atoms with Gasteiger partial charge in [0.1, 0.15) is 11.4 Å². The van der Waals surface area contributed by atoms with E-state index in [1.54, 1.807) is 11.9 Å². The Morgan fingerprint density at radius 3 is 2.26 bits per heavy atom. The largest absolute Gasteiger partial charge is 0.477 e. The van der Waals surface area contributed by atoms with Crippen LogP contribution in [0.15, 0.2) is 18.2 Å². The second-order valence-electron chi connectivity index (χ2n) is 5.67. The average Bonchev–Trinajstić information content (AvgIpc) is 2.35. The molecule has 1 amide bonds. The van der Waals surface area contributed by atoms with Crippen LogP contribution in [0.2, 0.25) is 0 Å². The highest BCUT2D eigenvalue weighted by Gasteiger charge is 2.28. The molecule has 1 N–H and O–H groups in total. The molecule has 1 atom stereocenters. The molecule has 0 saturated heterocycles. The predicted octanol–water partition coefficient (Wildman–Crippen LogP) is 2.29. The molecule has 1 heterocycles. The van der Waals surface area contributed by atoms with Crippen LogP contribution in [0.5, 0.6) is 0 Å². The van der Waals surface area contributed by atoms with Crippen molar-refractivity contribution in [2.75, 3.05) is 7.05 Å². The second kappa shape index (κ2) is 5.38. The lowest BCUT2D eigenvalue weighted by atomic mass is 9.87. The van der Waals surface area contributed by atoms with Gasteiger partial charge in [-0.1, -0.05) is 26.8 Å². The molecule has 0 aliphatic heterocycles. The number of amides is 1. The van der Waals surface area contributed by atoms with Crippen LogP contribution in [0.25, 0.3) is 0 Å². The number of aromatic nitrogens is 1. The Hall–Kier alpha value is -1.91. The van der Waals surface area contributed by atoms with Gasteiger partial charge in [0.2, 0.25) is 0 Å². The molecule has 0 aromatic carbocycles. The molecule has 1 aromatic rings. The highest BCUT2D eigenvalue weighted by atomic mass is 16.4. The first-order valence-corrected chi connectivity index (χ1v) is 6.12. The van der Waals surface area contributed by atoms with Gasteiger partial charge in [0.05, 0.1) is 0 Å². The molecule has 0 radical (unpaired) electrons. The first-order valence-electron chi connectivity index (χ1n) is 6.12. The third-order valence-electron chi connectivity index (χ3n) is 3.34. The fraction of sp³-hybridized carbons (Fsp3) is 0.500. The quantitative estimate of drug-likeness (QED) is 0.909. The number of carbonyl (C=O) groups is 2. The maximum Gasteiger partial charge on any atom is 0.354 e. The first-order chi connectivity index (χ1) is 8.64. The van der Waals surface area contributed by atoms with Crippen LogP contribution in [0.3, 0.4) is 0 Å². The second-order valence-corrected chi connectivity index (χ2v) is 5.67. The van der Waals surface area contributed by atoms with E-state index in [9.17, 15) is 9.59 Å². The standard InChI is InChI=1S/C14H20N2O3/c1-9(14(2,3)4)16(5)12(17)10-7-6-8-11(15-10)13(18)19/h6-9H,1-5H3,(H,18,19). The lowest BCUT2D eigenvalue weighted by molar-refractivity contribution is 0.0622. The normalized spacial score (nSPS) is 12.9. The fourth-order valence-electron chi connectivity index (χ4n) is 1.61. The predicted molar refractivity (Wildman–Crippen MR) is 72.2 cm³/mol. The van der Waals surface area contributed by atoms with Crippen LogP contribution in [-0.4, -0.2) is 40.0 Å². The number of carbonyl (C=O) groups excluding carboxylic acids is 1. The van der Waals surface area contributed by atoms with E-state index in [-0.39, 0.29) is 28.8 Å². The van der Waals surface area contributed by atoms with Gasteiger partial charge in [-0.2, -0.15) is 0 Å². The maximum atomic E-state index is 12.3. The van der Waals surface area contributed by atoms with Gasteiger partial charge in [-0.05, 0) is 24.5 Å². The molecule has 0 spiro atoms. The van der Waals surface area contributed by atoms with Crippen LogP contribution < -0.4 is 0 Å². The summed E-state index contributed by atoms with van der Waals surface area (Å²) in [6.45, 7) is 8.09. The average molecular weight is 264 g/mol. The van der Waals surface area contributed by atoms with Crippen molar-refractivity contribution in [2.45, 2.75) is 33.7 Å².